The molecule has 0 saturated carbocycles. The quantitative estimate of drug-likeness (QED) is 0.557. The Kier molecular flexibility index (Phi) is 7.57. The lowest BCUT2D eigenvalue weighted by atomic mass is 10.1. The smallest absolute Gasteiger partial charge is 0.254 e. The van der Waals surface area contributed by atoms with Crippen molar-refractivity contribution in [1.82, 2.24) is 14.8 Å². The molecule has 2 heterocycles. The fraction of sp³-hybridized carbons (Fsp3) is 0.429. The number of nitrogens with zero attached hydrogens (tertiary/aromatic N) is 2. The molecule has 7 heteroatoms. The van der Waals surface area contributed by atoms with Crippen molar-refractivity contribution in [3.8, 4) is 0 Å². The van der Waals surface area contributed by atoms with Crippen LogP contribution in [0.4, 0.5) is 0 Å². The second-order valence-corrected chi connectivity index (χ2v) is 9.43. The van der Waals surface area contributed by atoms with Gasteiger partial charge in [-0.05, 0) is 69.2 Å². The highest BCUT2D eigenvalue weighted by molar-refractivity contribution is 5.99. The van der Waals surface area contributed by atoms with E-state index in [2.05, 4.69) is 23.7 Å². The molecule has 186 valence electrons. The second-order valence-electron chi connectivity index (χ2n) is 9.43. The van der Waals surface area contributed by atoms with E-state index in [1.54, 1.807) is 7.11 Å². The lowest BCUT2D eigenvalue weighted by molar-refractivity contribution is -0.0586. The predicted octanol–water partition coefficient (Wildman–Crippen LogP) is 4.08. The van der Waals surface area contributed by atoms with Gasteiger partial charge in [0.1, 0.15) is 0 Å². The highest BCUT2D eigenvalue weighted by Gasteiger charge is 2.26. The van der Waals surface area contributed by atoms with E-state index >= 15 is 0 Å². The average Bonchev–Trinajstić information content (AvgIpc) is 3.09. The van der Waals surface area contributed by atoms with Gasteiger partial charge < -0.3 is 24.3 Å². The number of aromatic nitrogens is 1. The van der Waals surface area contributed by atoms with Crippen LogP contribution in [0.3, 0.4) is 0 Å². The summed E-state index contributed by atoms with van der Waals surface area (Å²) in [6, 6.07) is 13.3. The van der Waals surface area contributed by atoms with Crippen LogP contribution in [0.5, 0.6) is 0 Å². The molecule has 1 fully saturated rings. The number of aryl methyl sites for hydroxylation is 1. The first kappa shape index (κ1) is 24.9. The zero-order valence-electron chi connectivity index (χ0n) is 21.3. The number of nitrogens with one attached hydrogen (secondary N) is 1. The van der Waals surface area contributed by atoms with Crippen LogP contribution in [-0.2, 0) is 22.6 Å². The molecule has 2 unspecified atom stereocenters. The molecular weight excluding hydrogens is 442 g/mol. The molecule has 1 saturated heterocycles. The molecular formula is C28H35N3O4. The summed E-state index contributed by atoms with van der Waals surface area (Å²) < 4.78 is 13.2. The van der Waals surface area contributed by atoms with Crippen molar-refractivity contribution >= 4 is 22.7 Å². The first-order valence-electron chi connectivity index (χ1n) is 12.2. The molecule has 0 radical (unpaired) electrons. The summed E-state index contributed by atoms with van der Waals surface area (Å²) >= 11 is 0. The van der Waals surface area contributed by atoms with E-state index < -0.39 is 0 Å². The molecule has 4 rings (SSSR count). The maximum atomic E-state index is 12.9. The number of rotatable bonds is 7. The molecule has 1 N–H and O–H groups in total. The Morgan fingerprint density at radius 1 is 1.03 bits per heavy atom. The van der Waals surface area contributed by atoms with Crippen molar-refractivity contribution in [2.45, 2.75) is 53.0 Å². The summed E-state index contributed by atoms with van der Waals surface area (Å²) in [6.07, 6.45) is 0.0704. The Balaban J connectivity index is 1.40. The number of hydrogen-bond donors (Lipinski definition) is 1. The number of fused-ring (bicyclic) bond motifs is 1. The molecule has 0 bridgehead atoms. The number of carbonyl (C=O) groups is 2. The van der Waals surface area contributed by atoms with Crippen LogP contribution in [0.1, 0.15) is 51.4 Å². The van der Waals surface area contributed by atoms with Crippen LogP contribution in [0.25, 0.3) is 10.9 Å². The van der Waals surface area contributed by atoms with E-state index in [9.17, 15) is 9.59 Å². The minimum atomic E-state index is -0.120. The number of methoxy groups -OCH3 is 1. The van der Waals surface area contributed by atoms with Crippen molar-refractivity contribution in [3.63, 3.8) is 0 Å². The van der Waals surface area contributed by atoms with Crippen LogP contribution in [-0.4, -0.2) is 60.3 Å². The highest BCUT2D eigenvalue weighted by atomic mass is 16.5. The number of benzene rings is 2. The van der Waals surface area contributed by atoms with Gasteiger partial charge in [0.25, 0.3) is 11.8 Å². The zero-order chi connectivity index (χ0) is 25.1. The molecule has 3 aromatic rings. The maximum absolute atomic E-state index is 12.9. The first-order chi connectivity index (χ1) is 16.8. The van der Waals surface area contributed by atoms with E-state index in [0.717, 1.165) is 23.0 Å². The summed E-state index contributed by atoms with van der Waals surface area (Å²) in [7, 11) is 1.70. The fourth-order valence-electron chi connectivity index (χ4n) is 4.84. The van der Waals surface area contributed by atoms with Gasteiger partial charge in [-0.1, -0.05) is 12.1 Å². The SMILES string of the molecule is COCCn1c(C)c(C)c2cc(C(=O)NCc3ccc(C(=O)N4CC(C)OC(C)C4)cc3)ccc21. The number of hydrogen-bond acceptors (Lipinski definition) is 4. The van der Waals surface area contributed by atoms with Gasteiger partial charge in [0.2, 0.25) is 0 Å². The lowest BCUT2D eigenvalue weighted by Crippen LogP contribution is -2.48. The molecule has 1 aliphatic rings. The Morgan fingerprint density at radius 2 is 1.69 bits per heavy atom. The summed E-state index contributed by atoms with van der Waals surface area (Å²) in [5.41, 5.74) is 5.69. The van der Waals surface area contributed by atoms with Crippen molar-refractivity contribution in [1.29, 1.82) is 0 Å². The van der Waals surface area contributed by atoms with E-state index in [1.807, 2.05) is 61.2 Å². The van der Waals surface area contributed by atoms with Gasteiger partial charge in [-0.2, -0.15) is 0 Å². The van der Waals surface area contributed by atoms with Gasteiger partial charge in [-0.3, -0.25) is 9.59 Å². The molecule has 2 amide bonds. The van der Waals surface area contributed by atoms with Crippen LogP contribution in [0.2, 0.25) is 0 Å². The monoisotopic (exact) mass is 477 g/mol. The zero-order valence-corrected chi connectivity index (χ0v) is 21.3. The van der Waals surface area contributed by atoms with Gasteiger partial charge in [0, 0.05) is 61.0 Å². The third kappa shape index (κ3) is 5.41. The molecule has 2 atom stereocenters. The minimum Gasteiger partial charge on any atom is -0.383 e. The third-order valence-electron chi connectivity index (χ3n) is 6.78. The van der Waals surface area contributed by atoms with Crippen molar-refractivity contribution in [2.24, 2.45) is 0 Å². The van der Waals surface area contributed by atoms with E-state index in [1.165, 1.54) is 11.3 Å². The number of carbonyl (C=O) groups excluding carboxylic acids is 2. The van der Waals surface area contributed by atoms with E-state index in [4.69, 9.17) is 9.47 Å². The topological polar surface area (TPSA) is 72.8 Å². The minimum absolute atomic E-state index is 0.0130. The molecule has 1 aliphatic heterocycles. The Morgan fingerprint density at radius 3 is 2.34 bits per heavy atom. The molecule has 7 nitrogen and oxygen atoms in total. The van der Waals surface area contributed by atoms with Crippen molar-refractivity contribution < 1.29 is 19.1 Å². The summed E-state index contributed by atoms with van der Waals surface area (Å²) in [5.74, 6) is -0.107. The Bertz CT molecular complexity index is 1210. The molecule has 0 spiro atoms. The first-order valence-corrected chi connectivity index (χ1v) is 12.2. The van der Waals surface area contributed by atoms with Gasteiger partial charge in [-0.15, -0.1) is 0 Å². The number of morpholine rings is 1. The maximum Gasteiger partial charge on any atom is 0.254 e. The number of ether oxygens (including phenoxy) is 2. The highest BCUT2D eigenvalue weighted by Crippen LogP contribution is 2.26. The average molecular weight is 478 g/mol. The second kappa shape index (κ2) is 10.6. The van der Waals surface area contributed by atoms with Crippen LogP contribution < -0.4 is 5.32 Å². The summed E-state index contributed by atoms with van der Waals surface area (Å²) in [5, 5.41) is 4.09. The Labute approximate surface area is 207 Å². The van der Waals surface area contributed by atoms with E-state index in [0.29, 0.717) is 37.4 Å². The van der Waals surface area contributed by atoms with Crippen LogP contribution in [0.15, 0.2) is 42.5 Å². The summed E-state index contributed by atoms with van der Waals surface area (Å²) in [6.45, 7) is 11.2. The van der Waals surface area contributed by atoms with Gasteiger partial charge in [0.15, 0.2) is 0 Å². The third-order valence-corrected chi connectivity index (χ3v) is 6.78. The van der Waals surface area contributed by atoms with Crippen LogP contribution >= 0.6 is 0 Å². The fourth-order valence-corrected chi connectivity index (χ4v) is 4.84. The van der Waals surface area contributed by atoms with Crippen molar-refractivity contribution in [2.75, 3.05) is 26.8 Å². The molecule has 1 aromatic heterocycles. The standard InChI is InChI=1S/C28H35N3O4/c1-18-16-30(17-19(2)35-18)28(33)23-8-6-22(7-9-23)15-29-27(32)24-10-11-26-25(14-24)20(3)21(4)31(26)12-13-34-5/h6-11,14,18-19H,12-13,15-17H2,1-5H3,(H,29,32). The summed E-state index contributed by atoms with van der Waals surface area (Å²) in [4.78, 5) is 27.6. The predicted molar refractivity (Wildman–Crippen MR) is 137 cm³/mol. The van der Waals surface area contributed by atoms with Gasteiger partial charge in [-0.25, -0.2) is 0 Å². The van der Waals surface area contributed by atoms with Crippen LogP contribution in [0, 0.1) is 13.8 Å². The van der Waals surface area contributed by atoms with E-state index in [-0.39, 0.29) is 24.0 Å². The normalized spacial score (nSPS) is 18.1. The molecule has 35 heavy (non-hydrogen) atoms. The Hall–Kier alpha value is -3.16. The van der Waals surface area contributed by atoms with Gasteiger partial charge in [0.05, 0.1) is 18.8 Å². The number of amides is 2. The largest absolute Gasteiger partial charge is 0.383 e. The molecule has 2 aromatic carbocycles. The molecule has 0 aliphatic carbocycles. The van der Waals surface area contributed by atoms with Gasteiger partial charge >= 0.3 is 0 Å². The lowest BCUT2D eigenvalue weighted by Gasteiger charge is -2.35. The van der Waals surface area contributed by atoms with Crippen molar-refractivity contribution in [3.05, 3.63) is 70.4 Å².